The number of fused-ring (bicyclic) bond motifs is 3. The number of thiophene rings is 1. The lowest BCUT2D eigenvalue weighted by molar-refractivity contribution is 0.0930. The lowest BCUT2D eigenvalue weighted by Gasteiger charge is -2.16. The second-order valence-corrected chi connectivity index (χ2v) is 10.4. The second-order valence-electron chi connectivity index (χ2n) is 9.33. The van der Waals surface area contributed by atoms with Crippen molar-refractivity contribution in [1.29, 1.82) is 0 Å². The smallest absolute Gasteiger partial charge is 0.270 e. The summed E-state index contributed by atoms with van der Waals surface area (Å²) in [5.41, 5.74) is 3.80. The molecule has 5 rings (SSSR count). The van der Waals surface area contributed by atoms with Gasteiger partial charge in [0.2, 0.25) is 0 Å². The Morgan fingerprint density at radius 2 is 1.76 bits per heavy atom. The molecule has 1 amide bonds. The predicted molar refractivity (Wildman–Crippen MR) is 143 cm³/mol. The number of aromatic nitrogens is 2. The number of carbonyl (C=O) groups is 1. The molecule has 0 aliphatic rings. The molecule has 34 heavy (non-hydrogen) atoms. The molecule has 2 heterocycles. The van der Waals surface area contributed by atoms with Gasteiger partial charge in [-0.05, 0) is 55.0 Å². The van der Waals surface area contributed by atoms with Crippen molar-refractivity contribution in [3.63, 3.8) is 0 Å². The maximum Gasteiger partial charge on any atom is 0.270 e. The van der Waals surface area contributed by atoms with Crippen LogP contribution in [0.4, 0.5) is 0 Å². The molecule has 0 fully saturated rings. The number of hydrogen-bond donors (Lipinski definition) is 1. The highest BCUT2D eigenvalue weighted by atomic mass is 32.1. The summed E-state index contributed by atoms with van der Waals surface area (Å²) in [4.78, 5) is 17.3. The third-order valence-electron chi connectivity index (χ3n) is 6.27. The Bertz CT molecular complexity index is 1460. The van der Waals surface area contributed by atoms with Crippen molar-refractivity contribution < 1.29 is 4.79 Å². The van der Waals surface area contributed by atoms with Crippen LogP contribution in [0.1, 0.15) is 44.1 Å². The van der Waals surface area contributed by atoms with Crippen LogP contribution in [0.3, 0.4) is 0 Å². The quantitative estimate of drug-likeness (QED) is 0.270. The number of carbonyl (C=O) groups excluding carboxylic acids is 1. The number of nitrogens with one attached hydrogen (secondary N) is 1. The highest BCUT2D eigenvalue weighted by molar-refractivity contribution is 7.26. The molecule has 1 atom stereocenters. The minimum Gasteiger partial charge on any atom is -0.348 e. The standard InChI is InChI=1S/C29H29N3OS/c1-19(2)14-15-20(3)31-29(33)26-17-30-18-32(26)22-9-6-8-21(16-22)23-11-7-12-25-24-10-4-5-13-27(24)34-28(23)25/h4-13,16-20H,14-15H2,1-3H3,(H,31,33)/t20-/m0/s1. The average Bonchev–Trinajstić information content (AvgIpc) is 3.48. The summed E-state index contributed by atoms with van der Waals surface area (Å²) < 4.78 is 4.45. The first kappa shape index (κ1) is 22.4. The second kappa shape index (κ2) is 9.43. The molecule has 0 aliphatic heterocycles. The first-order valence-corrected chi connectivity index (χ1v) is 12.7. The van der Waals surface area contributed by atoms with Crippen LogP contribution in [0.25, 0.3) is 37.0 Å². The highest BCUT2D eigenvalue weighted by Crippen LogP contribution is 2.40. The number of rotatable bonds is 7. The monoisotopic (exact) mass is 467 g/mol. The molecular formula is C29H29N3OS. The molecule has 0 saturated carbocycles. The van der Waals surface area contributed by atoms with Crippen molar-refractivity contribution in [2.45, 2.75) is 39.7 Å². The third-order valence-corrected chi connectivity index (χ3v) is 7.49. The van der Waals surface area contributed by atoms with Gasteiger partial charge in [-0.2, -0.15) is 0 Å². The Kier molecular flexibility index (Phi) is 6.20. The Hall–Kier alpha value is -3.44. The van der Waals surface area contributed by atoms with Gasteiger partial charge in [0, 0.05) is 31.9 Å². The van der Waals surface area contributed by atoms with Gasteiger partial charge in [-0.15, -0.1) is 11.3 Å². The van der Waals surface area contributed by atoms with Crippen molar-refractivity contribution >= 4 is 37.4 Å². The topological polar surface area (TPSA) is 46.9 Å². The van der Waals surface area contributed by atoms with Crippen LogP contribution in [0, 0.1) is 5.92 Å². The zero-order valence-corrected chi connectivity index (χ0v) is 20.6. The van der Waals surface area contributed by atoms with Crippen LogP contribution in [0.2, 0.25) is 0 Å². The molecule has 4 nitrogen and oxygen atoms in total. The van der Waals surface area contributed by atoms with Crippen LogP contribution in [0.15, 0.2) is 79.3 Å². The van der Waals surface area contributed by atoms with Crippen LogP contribution in [-0.2, 0) is 0 Å². The molecule has 0 unspecified atom stereocenters. The van der Waals surface area contributed by atoms with E-state index in [0.717, 1.165) is 24.1 Å². The summed E-state index contributed by atoms with van der Waals surface area (Å²) >= 11 is 1.82. The van der Waals surface area contributed by atoms with Gasteiger partial charge in [-0.1, -0.05) is 62.4 Å². The van der Waals surface area contributed by atoms with Crippen LogP contribution in [-0.4, -0.2) is 21.5 Å². The van der Waals surface area contributed by atoms with Crippen molar-refractivity contribution in [1.82, 2.24) is 14.9 Å². The van der Waals surface area contributed by atoms with E-state index in [2.05, 4.69) is 85.7 Å². The van der Waals surface area contributed by atoms with E-state index in [9.17, 15) is 4.79 Å². The van der Waals surface area contributed by atoms with Crippen LogP contribution >= 0.6 is 11.3 Å². The van der Waals surface area contributed by atoms with Gasteiger partial charge < -0.3 is 5.32 Å². The minimum atomic E-state index is -0.0919. The number of hydrogen-bond acceptors (Lipinski definition) is 3. The summed E-state index contributed by atoms with van der Waals surface area (Å²) in [6.45, 7) is 6.47. The SMILES string of the molecule is CC(C)CC[C@H](C)NC(=O)c1cncn1-c1cccc(-c2cccc3c2sc2ccccc23)c1. The molecule has 0 radical (unpaired) electrons. The third kappa shape index (κ3) is 4.36. The van der Waals surface area contributed by atoms with Gasteiger partial charge >= 0.3 is 0 Å². The van der Waals surface area contributed by atoms with Gasteiger partial charge in [0.1, 0.15) is 5.69 Å². The first-order valence-electron chi connectivity index (χ1n) is 11.9. The largest absolute Gasteiger partial charge is 0.348 e. The van der Waals surface area contributed by atoms with E-state index in [1.165, 1.54) is 25.7 Å². The Labute approximate surface area is 204 Å². The summed E-state index contributed by atoms with van der Waals surface area (Å²) in [5.74, 6) is 0.531. The predicted octanol–water partition coefficient (Wildman–Crippen LogP) is 7.46. The fourth-order valence-corrected chi connectivity index (χ4v) is 5.66. The molecule has 5 heteroatoms. The molecule has 0 bridgehead atoms. The van der Waals surface area contributed by atoms with Crippen LogP contribution < -0.4 is 5.32 Å². The van der Waals surface area contributed by atoms with E-state index >= 15 is 0 Å². The maximum atomic E-state index is 13.0. The Balaban J connectivity index is 1.48. The van der Waals surface area contributed by atoms with E-state index in [1.54, 1.807) is 12.5 Å². The Morgan fingerprint density at radius 3 is 2.62 bits per heavy atom. The lowest BCUT2D eigenvalue weighted by Crippen LogP contribution is -2.33. The van der Waals surface area contributed by atoms with E-state index in [4.69, 9.17) is 0 Å². The van der Waals surface area contributed by atoms with Gasteiger partial charge in [0.05, 0.1) is 12.5 Å². The van der Waals surface area contributed by atoms with E-state index < -0.39 is 0 Å². The summed E-state index contributed by atoms with van der Waals surface area (Å²) in [6.07, 6.45) is 5.41. The summed E-state index contributed by atoms with van der Waals surface area (Å²) in [5, 5.41) is 5.71. The van der Waals surface area contributed by atoms with E-state index in [1.807, 2.05) is 28.0 Å². The number of amides is 1. The van der Waals surface area contributed by atoms with Crippen molar-refractivity contribution in [2.75, 3.05) is 0 Å². The first-order chi connectivity index (χ1) is 16.5. The van der Waals surface area contributed by atoms with Gasteiger partial charge in [0.15, 0.2) is 0 Å². The molecule has 2 aromatic heterocycles. The molecular weight excluding hydrogens is 438 g/mol. The number of benzene rings is 3. The minimum absolute atomic E-state index is 0.0919. The fourth-order valence-electron chi connectivity index (χ4n) is 4.42. The zero-order chi connectivity index (χ0) is 23.7. The molecule has 3 aromatic carbocycles. The van der Waals surface area contributed by atoms with Crippen molar-refractivity contribution in [2.24, 2.45) is 5.92 Å². The van der Waals surface area contributed by atoms with Gasteiger partial charge in [-0.3, -0.25) is 9.36 Å². The normalized spacial score (nSPS) is 12.5. The van der Waals surface area contributed by atoms with Gasteiger partial charge in [0.25, 0.3) is 5.91 Å². The average molecular weight is 468 g/mol. The van der Waals surface area contributed by atoms with Crippen molar-refractivity contribution in [3.8, 4) is 16.8 Å². The zero-order valence-electron chi connectivity index (χ0n) is 19.8. The molecule has 0 aliphatic carbocycles. The van der Waals surface area contributed by atoms with Crippen molar-refractivity contribution in [3.05, 3.63) is 84.9 Å². The highest BCUT2D eigenvalue weighted by Gasteiger charge is 2.17. The summed E-state index contributed by atoms with van der Waals surface area (Å²) in [6, 6.07) is 23.5. The van der Waals surface area contributed by atoms with Gasteiger partial charge in [-0.25, -0.2) is 4.98 Å². The Morgan fingerprint density at radius 1 is 0.971 bits per heavy atom. The number of imidazole rings is 1. The molecule has 0 saturated heterocycles. The number of nitrogens with zero attached hydrogens (tertiary/aromatic N) is 2. The molecule has 1 N–H and O–H groups in total. The molecule has 172 valence electrons. The molecule has 5 aromatic rings. The maximum absolute atomic E-state index is 13.0. The lowest BCUT2D eigenvalue weighted by atomic mass is 10.0. The van der Waals surface area contributed by atoms with E-state index in [-0.39, 0.29) is 11.9 Å². The van der Waals surface area contributed by atoms with Crippen LogP contribution in [0.5, 0.6) is 0 Å². The molecule has 0 spiro atoms. The summed E-state index contributed by atoms with van der Waals surface area (Å²) in [7, 11) is 0. The fraction of sp³-hybridized carbons (Fsp3) is 0.241. The van der Waals surface area contributed by atoms with E-state index in [0.29, 0.717) is 11.6 Å².